The Kier molecular flexibility index (Phi) is 2.70. The van der Waals surface area contributed by atoms with E-state index in [1.165, 1.54) is 6.20 Å². The van der Waals surface area contributed by atoms with E-state index in [1.54, 1.807) is 12.1 Å². The fourth-order valence-corrected chi connectivity index (χ4v) is 2.18. The third-order valence-electron chi connectivity index (χ3n) is 1.94. The summed E-state index contributed by atoms with van der Waals surface area (Å²) in [5.41, 5.74) is 0.691. The number of hydrogen-bond donors (Lipinski definition) is 0. The lowest BCUT2D eigenvalue weighted by atomic mass is 10.2. The smallest absolute Gasteiger partial charge is 0.258 e. The molecule has 0 fully saturated rings. The van der Waals surface area contributed by atoms with E-state index in [2.05, 4.69) is 36.8 Å². The number of aromatic nitrogens is 1. The number of nitrogens with zero attached hydrogens (tertiary/aromatic N) is 2. The molecule has 0 amide bonds. The molecule has 6 heteroatoms. The Hall–Kier alpha value is -1.01. The second kappa shape index (κ2) is 3.86. The monoisotopic (exact) mass is 330 g/mol. The van der Waals surface area contributed by atoms with E-state index in [1.807, 2.05) is 6.07 Å². The van der Waals surface area contributed by atoms with Crippen LogP contribution in [0.15, 0.2) is 33.3 Å². The molecule has 0 saturated carbocycles. The van der Waals surface area contributed by atoms with Crippen LogP contribution >= 0.6 is 31.9 Å². The lowest BCUT2D eigenvalue weighted by molar-refractivity contribution is -0.385. The lowest BCUT2D eigenvalue weighted by Gasteiger charge is -2.01. The second-order valence-electron chi connectivity index (χ2n) is 2.88. The first kappa shape index (κ1) is 10.5. The number of hydrogen-bond acceptors (Lipinski definition) is 3. The summed E-state index contributed by atoms with van der Waals surface area (Å²) >= 11 is 6.52. The molecule has 0 spiro atoms. The van der Waals surface area contributed by atoms with Crippen molar-refractivity contribution in [1.82, 2.24) is 4.98 Å². The number of nitro groups is 1. The third kappa shape index (κ3) is 1.87. The summed E-state index contributed by atoms with van der Waals surface area (Å²) < 4.78 is 1.32. The predicted octanol–water partition coefficient (Wildman–Crippen LogP) is 3.67. The van der Waals surface area contributed by atoms with Crippen LogP contribution < -0.4 is 0 Å². The van der Waals surface area contributed by atoms with E-state index in [0.29, 0.717) is 4.47 Å². The molecule has 2 rings (SSSR count). The zero-order valence-corrected chi connectivity index (χ0v) is 10.4. The van der Waals surface area contributed by atoms with Crippen molar-refractivity contribution in [2.75, 3.05) is 0 Å². The van der Waals surface area contributed by atoms with Crippen molar-refractivity contribution in [2.45, 2.75) is 0 Å². The molecular formula is C9H4Br2N2O2. The predicted molar refractivity (Wildman–Crippen MR) is 63.8 cm³/mol. The van der Waals surface area contributed by atoms with E-state index in [4.69, 9.17) is 0 Å². The van der Waals surface area contributed by atoms with Gasteiger partial charge in [0.25, 0.3) is 0 Å². The molecule has 4 nitrogen and oxygen atoms in total. The summed E-state index contributed by atoms with van der Waals surface area (Å²) in [5.74, 6) is 0. The normalized spacial score (nSPS) is 10.5. The van der Waals surface area contributed by atoms with Gasteiger partial charge in [-0.15, -0.1) is 0 Å². The van der Waals surface area contributed by atoms with Gasteiger partial charge in [0.05, 0.1) is 10.4 Å². The first-order valence-corrected chi connectivity index (χ1v) is 5.56. The minimum Gasteiger partial charge on any atom is -0.258 e. The second-order valence-corrected chi connectivity index (χ2v) is 4.58. The summed E-state index contributed by atoms with van der Waals surface area (Å²) in [7, 11) is 0. The first-order valence-electron chi connectivity index (χ1n) is 3.98. The molecule has 76 valence electrons. The van der Waals surface area contributed by atoms with Crippen LogP contribution in [0, 0.1) is 10.1 Å². The van der Waals surface area contributed by atoms with Crippen molar-refractivity contribution in [1.29, 1.82) is 0 Å². The third-order valence-corrected chi connectivity index (χ3v) is 3.27. The number of halogens is 2. The molecule has 0 bridgehead atoms. The van der Waals surface area contributed by atoms with Crippen molar-refractivity contribution in [3.05, 3.63) is 43.5 Å². The summed E-state index contributed by atoms with van der Waals surface area (Å²) in [6.45, 7) is 0. The molecule has 0 radical (unpaired) electrons. The highest BCUT2D eigenvalue weighted by Gasteiger charge is 2.15. The van der Waals surface area contributed by atoms with E-state index in [-0.39, 0.29) is 5.69 Å². The van der Waals surface area contributed by atoms with Gasteiger partial charge in [-0.05, 0) is 34.1 Å². The van der Waals surface area contributed by atoms with Crippen LogP contribution in [-0.2, 0) is 0 Å². The van der Waals surface area contributed by atoms with E-state index < -0.39 is 4.92 Å². The van der Waals surface area contributed by atoms with Gasteiger partial charge < -0.3 is 0 Å². The molecule has 0 atom stereocenters. The van der Waals surface area contributed by atoms with Gasteiger partial charge in [0.15, 0.2) is 0 Å². The highest BCUT2D eigenvalue weighted by Crippen LogP contribution is 2.32. The molecule has 0 aliphatic rings. The Morgan fingerprint density at radius 3 is 2.73 bits per heavy atom. The molecule has 0 N–H and O–H groups in total. The van der Waals surface area contributed by atoms with Crippen molar-refractivity contribution >= 4 is 48.5 Å². The largest absolute Gasteiger partial charge is 0.302 e. The van der Waals surface area contributed by atoms with Crippen molar-refractivity contribution in [3.8, 4) is 0 Å². The van der Waals surface area contributed by atoms with Crippen LogP contribution in [0.1, 0.15) is 0 Å². The number of fused-ring (bicyclic) bond motifs is 1. The van der Waals surface area contributed by atoms with Gasteiger partial charge in [-0.2, -0.15) is 0 Å². The zero-order chi connectivity index (χ0) is 11.0. The highest BCUT2D eigenvalue weighted by molar-refractivity contribution is 9.11. The maximum absolute atomic E-state index is 10.7. The topological polar surface area (TPSA) is 56.0 Å². The fraction of sp³-hybridized carbons (Fsp3) is 0. The molecule has 0 aliphatic heterocycles. The van der Waals surface area contributed by atoms with Gasteiger partial charge in [0.2, 0.25) is 0 Å². The van der Waals surface area contributed by atoms with Crippen molar-refractivity contribution in [2.24, 2.45) is 0 Å². The van der Waals surface area contributed by atoms with Crippen LogP contribution in [-0.4, -0.2) is 9.91 Å². The van der Waals surface area contributed by atoms with Crippen LogP contribution in [0.5, 0.6) is 0 Å². The van der Waals surface area contributed by atoms with Gasteiger partial charge in [-0.3, -0.25) is 10.1 Å². The van der Waals surface area contributed by atoms with Crippen molar-refractivity contribution in [3.63, 3.8) is 0 Å². The Balaban J connectivity index is 2.82. The average molecular weight is 332 g/mol. The Morgan fingerprint density at radius 2 is 2.07 bits per heavy atom. The Morgan fingerprint density at radius 1 is 1.33 bits per heavy atom. The van der Waals surface area contributed by atoms with Crippen LogP contribution in [0.2, 0.25) is 0 Å². The Bertz CT molecular complexity index is 557. The SMILES string of the molecule is O=[N+]([O-])c1cnc2ccc(Br)cc2c1Br. The minimum absolute atomic E-state index is 0.0272. The van der Waals surface area contributed by atoms with Gasteiger partial charge in [-0.1, -0.05) is 15.9 Å². The van der Waals surface area contributed by atoms with Gasteiger partial charge in [0, 0.05) is 9.86 Å². The molecule has 1 aromatic heterocycles. The van der Waals surface area contributed by atoms with Crippen LogP contribution in [0.4, 0.5) is 5.69 Å². The molecular weight excluding hydrogens is 328 g/mol. The highest BCUT2D eigenvalue weighted by atomic mass is 79.9. The fourth-order valence-electron chi connectivity index (χ4n) is 1.25. The summed E-state index contributed by atoms with van der Waals surface area (Å²) in [4.78, 5) is 14.2. The minimum atomic E-state index is -0.461. The molecule has 1 aromatic carbocycles. The summed E-state index contributed by atoms with van der Waals surface area (Å²) in [6, 6.07) is 5.43. The molecule has 2 aromatic rings. The molecule has 0 unspecified atom stereocenters. The van der Waals surface area contributed by atoms with Gasteiger partial charge in [-0.25, -0.2) is 4.98 Å². The summed E-state index contributed by atoms with van der Waals surface area (Å²) in [5, 5.41) is 11.4. The lowest BCUT2D eigenvalue weighted by Crippen LogP contribution is -1.91. The summed E-state index contributed by atoms with van der Waals surface area (Å²) in [6.07, 6.45) is 1.25. The number of benzene rings is 1. The maximum Gasteiger partial charge on any atom is 0.302 e. The first-order chi connectivity index (χ1) is 7.09. The van der Waals surface area contributed by atoms with E-state index in [9.17, 15) is 10.1 Å². The van der Waals surface area contributed by atoms with Gasteiger partial charge in [0.1, 0.15) is 10.7 Å². The van der Waals surface area contributed by atoms with Crippen molar-refractivity contribution < 1.29 is 4.92 Å². The Labute approximate surface area is 102 Å². The quantitative estimate of drug-likeness (QED) is 0.591. The van der Waals surface area contributed by atoms with E-state index in [0.717, 1.165) is 15.4 Å². The zero-order valence-electron chi connectivity index (χ0n) is 7.28. The standard InChI is InChI=1S/C9H4Br2N2O2/c10-5-1-2-7-6(3-5)9(11)8(4-12-7)13(14)15/h1-4H. The van der Waals surface area contributed by atoms with Gasteiger partial charge >= 0.3 is 5.69 Å². The van der Waals surface area contributed by atoms with Crippen LogP contribution in [0.3, 0.4) is 0 Å². The van der Waals surface area contributed by atoms with Crippen LogP contribution in [0.25, 0.3) is 10.9 Å². The molecule has 15 heavy (non-hydrogen) atoms. The maximum atomic E-state index is 10.7. The molecule has 0 aliphatic carbocycles. The number of pyridine rings is 1. The molecule has 1 heterocycles. The van der Waals surface area contributed by atoms with E-state index >= 15 is 0 Å². The molecule has 0 saturated heterocycles. The number of rotatable bonds is 1. The average Bonchev–Trinajstić information content (AvgIpc) is 2.19.